The molecular formula is C60H40N2. The van der Waals surface area contributed by atoms with Gasteiger partial charge in [-0.3, -0.25) is 0 Å². The monoisotopic (exact) mass is 788 g/mol. The van der Waals surface area contributed by atoms with Gasteiger partial charge in [-0.25, -0.2) is 0 Å². The lowest BCUT2D eigenvalue weighted by atomic mass is 9.97. The van der Waals surface area contributed by atoms with Crippen molar-refractivity contribution >= 4 is 43.6 Å². The summed E-state index contributed by atoms with van der Waals surface area (Å²) in [6.07, 6.45) is 0. The summed E-state index contributed by atoms with van der Waals surface area (Å²) in [7, 11) is 0. The van der Waals surface area contributed by atoms with Gasteiger partial charge < -0.3 is 9.13 Å². The van der Waals surface area contributed by atoms with Crippen molar-refractivity contribution < 1.29 is 0 Å². The number of aromatic nitrogens is 2. The van der Waals surface area contributed by atoms with E-state index in [9.17, 15) is 0 Å². The zero-order chi connectivity index (χ0) is 41.0. The molecule has 2 heteroatoms. The number of nitrogens with zero attached hydrogens (tertiary/aromatic N) is 2. The molecule has 0 saturated heterocycles. The maximum atomic E-state index is 2.48. The first-order chi connectivity index (χ1) is 30.8. The third kappa shape index (κ3) is 5.96. The fraction of sp³-hybridized carbons (Fsp3) is 0. The molecule has 0 unspecified atom stereocenters. The maximum absolute atomic E-state index is 2.48. The molecule has 0 bridgehead atoms. The van der Waals surface area contributed by atoms with Crippen molar-refractivity contribution in [1.29, 1.82) is 0 Å². The Morgan fingerprint density at radius 2 is 0.694 bits per heavy atom. The van der Waals surface area contributed by atoms with Crippen LogP contribution >= 0.6 is 0 Å². The topological polar surface area (TPSA) is 9.86 Å². The summed E-state index contributed by atoms with van der Waals surface area (Å²) in [5.41, 5.74) is 19.0. The fourth-order valence-electron chi connectivity index (χ4n) is 9.64. The van der Waals surface area contributed by atoms with E-state index in [2.05, 4.69) is 252 Å². The summed E-state index contributed by atoms with van der Waals surface area (Å²) in [5.74, 6) is 0. The van der Waals surface area contributed by atoms with Gasteiger partial charge >= 0.3 is 0 Å². The van der Waals surface area contributed by atoms with Crippen LogP contribution in [0.25, 0.3) is 111 Å². The molecule has 290 valence electrons. The Bertz CT molecular complexity index is 3600. The summed E-state index contributed by atoms with van der Waals surface area (Å²) >= 11 is 0. The molecular weight excluding hydrogens is 749 g/mol. The average molecular weight is 789 g/mol. The van der Waals surface area contributed by atoms with Gasteiger partial charge in [-0.1, -0.05) is 182 Å². The molecule has 12 rings (SSSR count). The van der Waals surface area contributed by atoms with Crippen molar-refractivity contribution in [3.05, 3.63) is 243 Å². The second kappa shape index (κ2) is 14.8. The van der Waals surface area contributed by atoms with Gasteiger partial charge in [0.25, 0.3) is 0 Å². The smallest absolute Gasteiger partial charge is 0.0547 e. The minimum Gasteiger partial charge on any atom is -0.309 e. The van der Waals surface area contributed by atoms with Crippen LogP contribution in [0.5, 0.6) is 0 Å². The highest BCUT2D eigenvalue weighted by atomic mass is 15.0. The van der Waals surface area contributed by atoms with Crippen LogP contribution in [0.4, 0.5) is 0 Å². The highest BCUT2D eigenvalue weighted by molar-refractivity contribution is 6.17. The Morgan fingerprint density at radius 3 is 1.37 bits per heavy atom. The van der Waals surface area contributed by atoms with Crippen molar-refractivity contribution in [3.8, 4) is 67.0 Å². The maximum Gasteiger partial charge on any atom is 0.0547 e. The SMILES string of the molecule is c1ccc(-c2cccc(-n3c4ccccc4c4cc(-c5ccc6c(c5)c5c(-c7ccccc7)cccc5n6-c5ccc(-c6ccccc6)cc5-c5ccccc5)ccc43)c2)cc1. The lowest BCUT2D eigenvalue weighted by Crippen LogP contribution is -1.98. The predicted molar refractivity (Wildman–Crippen MR) is 262 cm³/mol. The molecule has 0 aliphatic rings. The van der Waals surface area contributed by atoms with E-state index in [1.165, 1.54) is 99.2 Å². The van der Waals surface area contributed by atoms with Gasteiger partial charge in [0.05, 0.1) is 27.8 Å². The van der Waals surface area contributed by atoms with Gasteiger partial charge in [-0.2, -0.15) is 0 Å². The van der Waals surface area contributed by atoms with E-state index >= 15 is 0 Å². The van der Waals surface area contributed by atoms with Crippen LogP contribution in [0.3, 0.4) is 0 Å². The van der Waals surface area contributed by atoms with Gasteiger partial charge in [-0.15, -0.1) is 0 Å². The van der Waals surface area contributed by atoms with Crippen LogP contribution in [0, 0.1) is 0 Å². The Kier molecular flexibility index (Phi) is 8.53. The van der Waals surface area contributed by atoms with E-state index in [4.69, 9.17) is 0 Å². The normalized spacial score (nSPS) is 11.5. The number of rotatable bonds is 7. The molecule has 62 heavy (non-hydrogen) atoms. The first-order valence-electron chi connectivity index (χ1n) is 21.3. The standard InChI is InChI=1S/C60H40N2/c1-5-17-41(18-6-1)45-25-15-26-49(37-45)61-55-29-14-13-27-51(55)53-39-47(32-35-57(53)61)48-33-36-58-54(40-48)60-50(43-21-9-3-10-22-43)28-16-30-59(60)62(58)56-34-31-46(42-19-7-2-8-20-42)38-52(56)44-23-11-4-12-24-44/h1-40H. The van der Waals surface area contributed by atoms with Crippen LogP contribution in [0.1, 0.15) is 0 Å². The van der Waals surface area contributed by atoms with Gasteiger partial charge in [0.1, 0.15) is 0 Å². The number of hydrogen-bond donors (Lipinski definition) is 0. The van der Waals surface area contributed by atoms with Crippen molar-refractivity contribution in [2.45, 2.75) is 0 Å². The van der Waals surface area contributed by atoms with Crippen LogP contribution < -0.4 is 0 Å². The van der Waals surface area contributed by atoms with Crippen molar-refractivity contribution in [1.82, 2.24) is 9.13 Å². The second-order valence-corrected chi connectivity index (χ2v) is 16.1. The largest absolute Gasteiger partial charge is 0.309 e. The summed E-state index contributed by atoms with van der Waals surface area (Å²) in [6.45, 7) is 0. The first kappa shape index (κ1) is 35.7. The van der Waals surface area contributed by atoms with E-state index in [-0.39, 0.29) is 0 Å². The van der Waals surface area contributed by atoms with E-state index in [0.717, 1.165) is 11.4 Å². The lowest BCUT2D eigenvalue weighted by molar-refractivity contribution is 1.18. The predicted octanol–water partition coefficient (Wildman–Crippen LogP) is 16.2. The third-order valence-electron chi connectivity index (χ3n) is 12.5. The summed E-state index contributed by atoms with van der Waals surface area (Å²) in [4.78, 5) is 0. The quantitative estimate of drug-likeness (QED) is 0.152. The molecule has 2 nitrogen and oxygen atoms in total. The summed E-state index contributed by atoms with van der Waals surface area (Å²) in [5, 5.41) is 4.95. The zero-order valence-electron chi connectivity index (χ0n) is 34.0. The number of para-hydroxylation sites is 1. The van der Waals surface area contributed by atoms with E-state index in [1.54, 1.807) is 0 Å². The van der Waals surface area contributed by atoms with Crippen LogP contribution in [0.2, 0.25) is 0 Å². The van der Waals surface area contributed by atoms with Crippen molar-refractivity contribution in [2.24, 2.45) is 0 Å². The van der Waals surface area contributed by atoms with E-state index in [0.29, 0.717) is 0 Å². The number of benzene rings is 10. The zero-order valence-corrected chi connectivity index (χ0v) is 34.0. The number of hydrogen-bond acceptors (Lipinski definition) is 0. The second-order valence-electron chi connectivity index (χ2n) is 16.1. The van der Waals surface area contributed by atoms with Gasteiger partial charge in [0.15, 0.2) is 0 Å². The Morgan fingerprint density at radius 1 is 0.226 bits per heavy atom. The molecule has 0 spiro atoms. The molecule has 0 saturated carbocycles. The molecule has 0 radical (unpaired) electrons. The Hall–Kier alpha value is -8.20. The molecule has 10 aromatic carbocycles. The Labute approximate surface area is 360 Å². The summed E-state index contributed by atoms with van der Waals surface area (Å²) < 4.78 is 4.90. The summed E-state index contributed by atoms with van der Waals surface area (Å²) in [6, 6.07) is 88.4. The third-order valence-corrected chi connectivity index (χ3v) is 12.5. The highest BCUT2D eigenvalue weighted by Crippen LogP contribution is 2.44. The van der Waals surface area contributed by atoms with Crippen molar-refractivity contribution in [2.75, 3.05) is 0 Å². The van der Waals surface area contributed by atoms with E-state index < -0.39 is 0 Å². The molecule has 0 fully saturated rings. The molecule has 2 aromatic heterocycles. The van der Waals surface area contributed by atoms with Crippen LogP contribution in [0.15, 0.2) is 243 Å². The molecule has 0 atom stereocenters. The minimum atomic E-state index is 1.15. The van der Waals surface area contributed by atoms with E-state index in [1.807, 2.05) is 0 Å². The molecule has 0 aliphatic carbocycles. The fourth-order valence-corrected chi connectivity index (χ4v) is 9.64. The van der Waals surface area contributed by atoms with Crippen LogP contribution in [-0.4, -0.2) is 9.13 Å². The van der Waals surface area contributed by atoms with Crippen molar-refractivity contribution in [3.63, 3.8) is 0 Å². The average Bonchev–Trinajstić information content (AvgIpc) is 3.87. The van der Waals surface area contributed by atoms with Gasteiger partial charge in [0, 0.05) is 32.8 Å². The van der Waals surface area contributed by atoms with Gasteiger partial charge in [0.2, 0.25) is 0 Å². The lowest BCUT2D eigenvalue weighted by Gasteiger charge is -2.16. The van der Waals surface area contributed by atoms with Gasteiger partial charge in [-0.05, 0) is 111 Å². The van der Waals surface area contributed by atoms with Crippen LogP contribution in [-0.2, 0) is 0 Å². The molecule has 0 N–H and O–H groups in total. The first-order valence-corrected chi connectivity index (χ1v) is 21.3. The molecule has 12 aromatic rings. The Balaban J connectivity index is 1.07. The molecule has 0 amide bonds. The highest BCUT2D eigenvalue weighted by Gasteiger charge is 2.21. The number of fused-ring (bicyclic) bond motifs is 6. The molecule has 0 aliphatic heterocycles. The minimum absolute atomic E-state index is 1.15. The molecule has 2 heterocycles.